The predicted molar refractivity (Wildman–Crippen MR) is 68.7 cm³/mol. The molecule has 1 rings (SSSR count). The Bertz CT molecular complexity index is 540. The second-order valence-corrected chi connectivity index (χ2v) is 5.79. The molecule has 7 heteroatoms. The van der Waals surface area contributed by atoms with Crippen molar-refractivity contribution in [2.24, 2.45) is 5.73 Å². The molecule has 0 spiro atoms. The lowest BCUT2D eigenvalue weighted by molar-refractivity contribution is -0.116. The van der Waals surface area contributed by atoms with E-state index in [2.05, 4.69) is 10.3 Å². The molecule has 0 aromatic carbocycles. The van der Waals surface area contributed by atoms with E-state index in [1.54, 1.807) is 6.07 Å². The van der Waals surface area contributed by atoms with E-state index in [-0.39, 0.29) is 11.6 Å². The Morgan fingerprint density at radius 3 is 2.67 bits per heavy atom. The minimum Gasteiger partial charge on any atom is -0.368 e. The maximum atomic E-state index is 11.5. The summed E-state index contributed by atoms with van der Waals surface area (Å²) in [6, 6.07) is 3.16. The summed E-state index contributed by atoms with van der Waals surface area (Å²) in [5, 5.41) is 2.65. The van der Waals surface area contributed by atoms with Crippen LogP contribution in [0.5, 0.6) is 0 Å². The highest BCUT2D eigenvalue weighted by atomic mass is 32.2. The highest BCUT2D eigenvalue weighted by molar-refractivity contribution is 7.90. The van der Waals surface area contributed by atoms with Gasteiger partial charge in [0.25, 0.3) is 0 Å². The van der Waals surface area contributed by atoms with Crippen molar-refractivity contribution in [3.8, 4) is 0 Å². The summed E-state index contributed by atoms with van der Waals surface area (Å²) in [5.74, 6) is -0.223. The molecular formula is C11H16N3O3S. The molecule has 0 unspecified atom stereocenters. The summed E-state index contributed by atoms with van der Waals surface area (Å²) in [6.07, 6.45) is 3.72. The molecule has 1 aromatic rings. The van der Waals surface area contributed by atoms with E-state index in [0.717, 1.165) is 18.2 Å². The first-order valence-electron chi connectivity index (χ1n) is 5.40. The van der Waals surface area contributed by atoms with Crippen LogP contribution in [0.4, 0.5) is 5.82 Å². The standard InChI is InChI=1S/C11H16N3O3S/c1-3-4-8-5-10(13-7-9(12)15)14-11(6-8)18(2,16)17/h4-6H,3,7H2,1-2H3,(H2,12,15)(H,13,14). The predicted octanol–water partition coefficient (Wildman–Crippen LogP) is 0.345. The maximum absolute atomic E-state index is 11.5. The Labute approximate surface area is 107 Å². The molecule has 0 atom stereocenters. The molecule has 3 N–H and O–H groups in total. The zero-order chi connectivity index (χ0) is 13.8. The lowest BCUT2D eigenvalue weighted by atomic mass is 10.1. The maximum Gasteiger partial charge on any atom is 0.236 e. The third kappa shape index (κ3) is 4.33. The van der Waals surface area contributed by atoms with Gasteiger partial charge in [-0.2, -0.15) is 0 Å². The molecule has 18 heavy (non-hydrogen) atoms. The number of nitrogens with zero attached hydrogens (tertiary/aromatic N) is 1. The van der Waals surface area contributed by atoms with Crippen molar-refractivity contribution in [2.45, 2.75) is 18.4 Å². The Hall–Kier alpha value is -1.63. The number of nitrogens with one attached hydrogen (secondary N) is 1. The molecule has 1 radical (unpaired) electrons. The number of carbonyl (C=O) groups excluding carboxylic acids is 1. The van der Waals surface area contributed by atoms with Crippen LogP contribution in [0.15, 0.2) is 17.2 Å². The van der Waals surface area contributed by atoms with Gasteiger partial charge in [-0.05, 0) is 30.5 Å². The summed E-state index contributed by atoms with van der Waals surface area (Å²) in [4.78, 5) is 14.6. The van der Waals surface area contributed by atoms with Crippen LogP contribution >= 0.6 is 0 Å². The quantitative estimate of drug-likeness (QED) is 0.776. The average Bonchev–Trinajstić information content (AvgIpc) is 2.25. The van der Waals surface area contributed by atoms with E-state index in [1.165, 1.54) is 6.07 Å². The zero-order valence-electron chi connectivity index (χ0n) is 10.3. The summed E-state index contributed by atoms with van der Waals surface area (Å²) in [5.41, 5.74) is 5.74. The van der Waals surface area contributed by atoms with Crippen molar-refractivity contribution >= 4 is 21.6 Å². The fourth-order valence-electron chi connectivity index (χ4n) is 1.34. The van der Waals surface area contributed by atoms with Crippen LogP contribution in [-0.4, -0.2) is 32.1 Å². The molecule has 0 fully saturated rings. The van der Waals surface area contributed by atoms with Crippen molar-refractivity contribution in [3.05, 3.63) is 24.1 Å². The number of sulfone groups is 1. The van der Waals surface area contributed by atoms with Crippen LogP contribution in [0.25, 0.3) is 0 Å². The Kier molecular flexibility index (Phi) is 4.66. The number of aromatic nitrogens is 1. The minimum absolute atomic E-state index is 0.0309. The second-order valence-electron chi connectivity index (χ2n) is 3.83. The molecule has 0 saturated carbocycles. The number of anilines is 1. The summed E-state index contributed by atoms with van der Waals surface area (Å²) >= 11 is 0. The zero-order valence-corrected chi connectivity index (χ0v) is 11.1. The highest BCUT2D eigenvalue weighted by Gasteiger charge is 2.12. The first kappa shape index (κ1) is 14.4. The molecule has 1 aromatic heterocycles. The molecule has 1 heterocycles. The van der Waals surface area contributed by atoms with Crippen molar-refractivity contribution < 1.29 is 13.2 Å². The topological polar surface area (TPSA) is 102 Å². The lowest BCUT2D eigenvalue weighted by Crippen LogP contribution is -2.22. The van der Waals surface area contributed by atoms with E-state index >= 15 is 0 Å². The van der Waals surface area contributed by atoms with Gasteiger partial charge in [0, 0.05) is 6.26 Å². The number of hydrogen-bond acceptors (Lipinski definition) is 5. The number of carbonyl (C=O) groups is 1. The van der Waals surface area contributed by atoms with Gasteiger partial charge in [0.15, 0.2) is 14.9 Å². The van der Waals surface area contributed by atoms with Gasteiger partial charge in [-0.15, -0.1) is 0 Å². The summed E-state index contributed by atoms with van der Waals surface area (Å²) in [7, 11) is -3.39. The minimum atomic E-state index is -3.39. The smallest absolute Gasteiger partial charge is 0.236 e. The summed E-state index contributed by atoms with van der Waals surface area (Å²) < 4.78 is 23.0. The molecular weight excluding hydrogens is 254 g/mol. The largest absolute Gasteiger partial charge is 0.368 e. The normalized spacial score (nSPS) is 11.2. The van der Waals surface area contributed by atoms with Crippen LogP contribution < -0.4 is 11.1 Å². The van der Waals surface area contributed by atoms with Crippen LogP contribution in [0.1, 0.15) is 18.9 Å². The number of hydrogen-bond donors (Lipinski definition) is 2. The molecule has 0 aliphatic heterocycles. The molecule has 0 saturated heterocycles. The Morgan fingerprint density at radius 1 is 1.50 bits per heavy atom. The Morgan fingerprint density at radius 2 is 2.17 bits per heavy atom. The van der Waals surface area contributed by atoms with Gasteiger partial charge >= 0.3 is 0 Å². The third-order valence-corrected chi connectivity index (χ3v) is 3.06. The number of rotatable bonds is 6. The van der Waals surface area contributed by atoms with Crippen LogP contribution in [0.2, 0.25) is 0 Å². The number of amides is 1. The van der Waals surface area contributed by atoms with Crippen molar-refractivity contribution in [1.29, 1.82) is 0 Å². The fourth-order valence-corrected chi connectivity index (χ4v) is 1.95. The average molecular weight is 270 g/mol. The van der Waals surface area contributed by atoms with E-state index in [4.69, 9.17) is 5.73 Å². The SMILES string of the molecule is CC[CH]c1cc(NCC(N)=O)nc(S(C)(=O)=O)c1. The van der Waals surface area contributed by atoms with Crippen LogP contribution in [0, 0.1) is 6.42 Å². The fraction of sp³-hybridized carbons (Fsp3) is 0.364. The van der Waals surface area contributed by atoms with E-state index < -0.39 is 15.7 Å². The summed E-state index contributed by atoms with van der Waals surface area (Å²) in [6.45, 7) is 1.85. The first-order chi connectivity index (χ1) is 8.32. The van der Waals surface area contributed by atoms with E-state index in [0.29, 0.717) is 5.82 Å². The van der Waals surface area contributed by atoms with Gasteiger partial charge in [0.2, 0.25) is 5.91 Å². The van der Waals surface area contributed by atoms with Crippen LogP contribution in [0.3, 0.4) is 0 Å². The molecule has 0 bridgehead atoms. The van der Waals surface area contributed by atoms with Gasteiger partial charge in [-0.1, -0.05) is 6.92 Å². The van der Waals surface area contributed by atoms with E-state index in [9.17, 15) is 13.2 Å². The number of primary amides is 1. The molecule has 0 aliphatic rings. The lowest BCUT2D eigenvalue weighted by Gasteiger charge is -2.08. The van der Waals surface area contributed by atoms with Crippen molar-refractivity contribution in [2.75, 3.05) is 18.1 Å². The molecule has 99 valence electrons. The van der Waals surface area contributed by atoms with Gasteiger partial charge in [0.05, 0.1) is 6.54 Å². The van der Waals surface area contributed by atoms with Gasteiger partial charge < -0.3 is 11.1 Å². The third-order valence-electron chi connectivity index (χ3n) is 2.09. The molecule has 0 aliphatic carbocycles. The van der Waals surface area contributed by atoms with Crippen LogP contribution in [-0.2, 0) is 14.6 Å². The first-order valence-corrected chi connectivity index (χ1v) is 7.29. The van der Waals surface area contributed by atoms with Gasteiger partial charge in [-0.3, -0.25) is 4.79 Å². The molecule has 6 nitrogen and oxygen atoms in total. The van der Waals surface area contributed by atoms with E-state index in [1.807, 2.05) is 13.3 Å². The van der Waals surface area contributed by atoms with Gasteiger partial charge in [0.1, 0.15) is 5.82 Å². The van der Waals surface area contributed by atoms with Gasteiger partial charge in [-0.25, -0.2) is 13.4 Å². The number of nitrogens with two attached hydrogens (primary N) is 1. The number of pyridine rings is 1. The van der Waals surface area contributed by atoms with Crippen molar-refractivity contribution in [1.82, 2.24) is 4.98 Å². The second kappa shape index (κ2) is 5.81. The van der Waals surface area contributed by atoms with Crippen molar-refractivity contribution in [3.63, 3.8) is 0 Å². The Balaban J connectivity index is 3.10. The molecule has 1 amide bonds. The highest BCUT2D eigenvalue weighted by Crippen LogP contribution is 2.16. The monoisotopic (exact) mass is 270 g/mol.